The molecule has 1 unspecified atom stereocenters. The monoisotopic (exact) mass is 273 g/mol. The van der Waals surface area contributed by atoms with Crippen molar-refractivity contribution in [3.05, 3.63) is 60.1 Å². The predicted octanol–water partition coefficient (Wildman–Crippen LogP) is 3.00. The van der Waals surface area contributed by atoms with E-state index in [1.165, 1.54) is 6.26 Å². The van der Waals surface area contributed by atoms with Gasteiger partial charge in [0.05, 0.1) is 12.4 Å². The first-order valence-corrected chi connectivity index (χ1v) is 6.69. The van der Waals surface area contributed by atoms with Crippen molar-refractivity contribution in [3.8, 4) is 0 Å². The molecule has 0 bridgehead atoms. The molecule has 2 rings (SSSR count). The van der Waals surface area contributed by atoms with E-state index in [1.807, 2.05) is 44.2 Å². The summed E-state index contributed by atoms with van der Waals surface area (Å²) < 4.78 is 10.8. The molecule has 1 aromatic carbocycles. The average Bonchev–Trinajstić information content (AvgIpc) is 2.93. The Morgan fingerprint density at radius 3 is 2.55 bits per heavy atom. The molecule has 2 aromatic rings. The Labute approximate surface area is 118 Å². The molecule has 1 amide bonds. The van der Waals surface area contributed by atoms with Crippen LogP contribution in [0.4, 0.5) is 0 Å². The number of carbonyl (C=O) groups excluding carboxylic acids is 1. The van der Waals surface area contributed by atoms with Crippen LogP contribution in [0.3, 0.4) is 0 Å². The maximum Gasteiger partial charge on any atom is 0.288 e. The van der Waals surface area contributed by atoms with E-state index in [2.05, 4.69) is 5.32 Å². The number of hydrogen-bond acceptors (Lipinski definition) is 3. The number of carbonyl (C=O) groups is 1. The van der Waals surface area contributed by atoms with E-state index in [-0.39, 0.29) is 24.0 Å². The SMILES string of the molecule is CC(C)OC(Cc1ccccc1)NC(=O)c1ccco1. The maximum atomic E-state index is 12.0. The summed E-state index contributed by atoms with van der Waals surface area (Å²) in [5.41, 5.74) is 1.11. The summed E-state index contributed by atoms with van der Waals surface area (Å²) >= 11 is 0. The third-order valence-electron chi connectivity index (χ3n) is 2.74. The van der Waals surface area contributed by atoms with Crippen LogP contribution in [0.1, 0.15) is 30.0 Å². The van der Waals surface area contributed by atoms with E-state index < -0.39 is 0 Å². The molecule has 4 heteroatoms. The fourth-order valence-corrected chi connectivity index (χ4v) is 1.91. The molecule has 0 spiro atoms. The zero-order chi connectivity index (χ0) is 14.4. The second kappa shape index (κ2) is 6.91. The number of furan rings is 1. The molecule has 0 aliphatic carbocycles. The quantitative estimate of drug-likeness (QED) is 0.823. The van der Waals surface area contributed by atoms with Crippen molar-refractivity contribution in [1.29, 1.82) is 0 Å². The molecule has 0 aliphatic rings. The summed E-state index contributed by atoms with van der Waals surface area (Å²) in [6.07, 6.45) is 1.74. The number of benzene rings is 1. The van der Waals surface area contributed by atoms with E-state index in [9.17, 15) is 4.79 Å². The van der Waals surface area contributed by atoms with Crippen LogP contribution in [0.2, 0.25) is 0 Å². The summed E-state index contributed by atoms with van der Waals surface area (Å²) in [5.74, 6) is 0.0204. The van der Waals surface area contributed by atoms with Gasteiger partial charge in [-0.25, -0.2) is 0 Å². The molecule has 1 heterocycles. The predicted molar refractivity (Wildman–Crippen MR) is 76.3 cm³/mol. The van der Waals surface area contributed by atoms with Gasteiger partial charge in [0, 0.05) is 6.42 Å². The Bertz CT molecular complexity index is 520. The highest BCUT2D eigenvalue weighted by atomic mass is 16.5. The molecule has 4 nitrogen and oxygen atoms in total. The summed E-state index contributed by atoms with van der Waals surface area (Å²) in [4.78, 5) is 12.0. The highest BCUT2D eigenvalue weighted by Crippen LogP contribution is 2.08. The van der Waals surface area contributed by atoms with Crippen molar-refractivity contribution in [2.75, 3.05) is 0 Å². The van der Waals surface area contributed by atoms with Crippen LogP contribution in [-0.4, -0.2) is 18.2 Å². The summed E-state index contributed by atoms with van der Waals surface area (Å²) in [6, 6.07) is 13.2. The van der Waals surface area contributed by atoms with Gasteiger partial charge in [0.1, 0.15) is 6.23 Å². The molecule has 1 N–H and O–H groups in total. The number of rotatable bonds is 6. The highest BCUT2D eigenvalue weighted by Gasteiger charge is 2.17. The van der Waals surface area contributed by atoms with Gasteiger partial charge < -0.3 is 14.5 Å². The van der Waals surface area contributed by atoms with Crippen LogP contribution >= 0.6 is 0 Å². The van der Waals surface area contributed by atoms with E-state index in [4.69, 9.17) is 9.15 Å². The third-order valence-corrected chi connectivity index (χ3v) is 2.74. The lowest BCUT2D eigenvalue weighted by atomic mass is 10.1. The van der Waals surface area contributed by atoms with E-state index in [1.54, 1.807) is 12.1 Å². The van der Waals surface area contributed by atoms with Crippen molar-refractivity contribution >= 4 is 5.91 Å². The number of amides is 1. The first kappa shape index (κ1) is 14.3. The van der Waals surface area contributed by atoms with Crippen molar-refractivity contribution in [3.63, 3.8) is 0 Å². The molecule has 0 saturated carbocycles. The first-order chi connectivity index (χ1) is 9.65. The molecular formula is C16H19NO3. The Kier molecular flexibility index (Phi) is 4.96. The lowest BCUT2D eigenvalue weighted by molar-refractivity contribution is -0.00910. The zero-order valence-electron chi connectivity index (χ0n) is 11.7. The lowest BCUT2D eigenvalue weighted by Gasteiger charge is -2.21. The fourth-order valence-electron chi connectivity index (χ4n) is 1.91. The van der Waals surface area contributed by atoms with Gasteiger partial charge in [-0.15, -0.1) is 0 Å². The van der Waals surface area contributed by atoms with Crippen LogP contribution in [-0.2, 0) is 11.2 Å². The first-order valence-electron chi connectivity index (χ1n) is 6.69. The van der Waals surface area contributed by atoms with Crippen molar-refractivity contribution < 1.29 is 13.9 Å². The van der Waals surface area contributed by atoms with Gasteiger partial charge in [0.25, 0.3) is 5.91 Å². The molecule has 0 radical (unpaired) electrons. The molecule has 0 fully saturated rings. The van der Waals surface area contributed by atoms with Crippen LogP contribution in [0.5, 0.6) is 0 Å². The molecule has 1 aromatic heterocycles. The van der Waals surface area contributed by atoms with Crippen molar-refractivity contribution in [2.45, 2.75) is 32.6 Å². The zero-order valence-corrected chi connectivity index (χ0v) is 11.7. The number of hydrogen-bond donors (Lipinski definition) is 1. The Balaban J connectivity index is 2.02. The van der Waals surface area contributed by atoms with Gasteiger partial charge in [-0.2, -0.15) is 0 Å². The lowest BCUT2D eigenvalue weighted by Crippen LogP contribution is -2.39. The standard InChI is InChI=1S/C16H19NO3/c1-12(2)20-15(11-13-7-4-3-5-8-13)17-16(18)14-9-6-10-19-14/h3-10,12,15H,11H2,1-2H3,(H,17,18). The summed E-state index contributed by atoms with van der Waals surface area (Å²) in [6.45, 7) is 3.88. The van der Waals surface area contributed by atoms with Crippen LogP contribution in [0.25, 0.3) is 0 Å². The van der Waals surface area contributed by atoms with Gasteiger partial charge in [-0.1, -0.05) is 30.3 Å². The molecule has 0 aliphatic heterocycles. The summed E-state index contributed by atoms with van der Waals surface area (Å²) in [5, 5.41) is 2.84. The minimum Gasteiger partial charge on any atom is -0.459 e. The van der Waals surface area contributed by atoms with Gasteiger partial charge in [0.15, 0.2) is 5.76 Å². The van der Waals surface area contributed by atoms with Crippen LogP contribution < -0.4 is 5.32 Å². The Hall–Kier alpha value is -2.07. The molecule has 20 heavy (non-hydrogen) atoms. The largest absolute Gasteiger partial charge is 0.459 e. The van der Waals surface area contributed by atoms with E-state index in [0.29, 0.717) is 6.42 Å². The Morgan fingerprint density at radius 1 is 1.20 bits per heavy atom. The van der Waals surface area contributed by atoms with E-state index >= 15 is 0 Å². The molecule has 0 saturated heterocycles. The molecule has 1 atom stereocenters. The average molecular weight is 273 g/mol. The number of nitrogens with one attached hydrogen (secondary N) is 1. The van der Waals surface area contributed by atoms with Crippen molar-refractivity contribution in [2.24, 2.45) is 0 Å². The minimum absolute atomic E-state index is 0.0283. The minimum atomic E-state index is -0.380. The number of ether oxygens (including phenoxy) is 1. The van der Waals surface area contributed by atoms with Gasteiger partial charge >= 0.3 is 0 Å². The van der Waals surface area contributed by atoms with Crippen LogP contribution in [0.15, 0.2) is 53.1 Å². The fraction of sp³-hybridized carbons (Fsp3) is 0.312. The molecule has 106 valence electrons. The van der Waals surface area contributed by atoms with E-state index in [0.717, 1.165) is 5.56 Å². The maximum absolute atomic E-state index is 12.0. The van der Waals surface area contributed by atoms with Crippen molar-refractivity contribution in [1.82, 2.24) is 5.32 Å². The smallest absolute Gasteiger partial charge is 0.288 e. The summed E-state index contributed by atoms with van der Waals surface area (Å²) in [7, 11) is 0. The Morgan fingerprint density at radius 2 is 1.95 bits per heavy atom. The van der Waals surface area contributed by atoms with Gasteiger partial charge in [0.2, 0.25) is 0 Å². The highest BCUT2D eigenvalue weighted by molar-refractivity contribution is 5.91. The second-order valence-electron chi connectivity index (χ2n) is 4.81. The van der Waals surface area contributed by atoms with Gasteiger partial charge in [-0.05, 0) is 31.5 Å². The topological polar surface area (TPSA) is 51.5 Å². The van der Waals surface area contributed by atoms with Crippen LogP contribution in [0, 0.1) is 0 Å². The second-order valence-corrected chi connectivity index (χ2v) is 4.81. The van der Waals surface area contributed by atoms with Gasteiger partial charge in [-0.3, -0.25) is 4.79 Å². The normalized spacial score (nSPS) is 12.3. The third kappa shape index (κ3) is 4.24. The molecular weight excluding hydrogens is 254 g/mol.